The summed E-state index contributed by atoms with van der Waals surface area (Å²) < 4.78 is 0. The van der Waals surface area contributed by atoms with Gasteiger partial charge in [-0.3, -0.25) is 4.79 Å². The second-order valence-corrected chi connectivity index (χ2v) is 4.83. The SMILES string of the molecule is NC1CC(=O)N(C2CC2c2ccccc2)C1. The molecular formula is C13H16N2O. The van der Waals surface area contributed by atoms with Crippen LogP contribution < -0.4 is 5.73 Å². The summed E-state index contributed by atoms with van der Waals surface area (Å²) in [5.74, 6) is 0.770. The lowest BCUT2D eigenvalue weighted by Crippen LogP contribution is -2.30. The van der Waals surface area contributed by atoms with Crippen molar-refractivity contribution in [2.24, 2.45) is 5.73 Å². The van der Waals surface area contributed by atoms with Crippen molar-refractivity contribution in [3.63, 3.8) is 0 Å². The van der Waals surface area contributed by atoms with Gasteiger partial charge in [-0.25, -0.2) is 0 Å². The Bertz CT molecular complexity index is 404. The lowest BCUT2D eigenvalue weighted by atomic mass is 10.1. The highest BCUT2D eigenvalue weighted by molar-refractivity contribution is 5.80. The van der Waals surface area contributed by atoms with Gasteiger partial charge in [-0.15, -0.1) is 0 Å². The van der Waals surface area contributed by atoms with Crippen LogP contribution in [0.1, 0.15) is 24.3 Å². The molecule has 1 amide bonds. The number of hydrogen-bond acceptors (Lipinski definition) is 2. The number of carbonyl (C=O) groups is 1. The van der Waals surface area contributed by atoms with Crippen LogP contribution in [0.5, 0.6) is 0 Å². The number of nitrogens with zero attached hydrogens (tertiary/aromatic N) is 1. The van der Waals surface area contributed by atoms with E-state index in [4.69, 9.17) is 5.73 Å². The number of rotatable bonds is 2. The minimum Gasteiger partial charge on any atom is -0.337 e. The molecule has 1 aromatic carbocycles. The van der Waals surface area contributed by atoms with Gasteiger partial charge < -0.3 is 10.6 Å². The monoisotopic (exact) mass is 216 g/mol. The van der Waals surface area contributed by atoms with Gasteiger partial charge in [-0.1, -0.05) is 30.3 Å². The summed E-state index contributed by atoms with van der Waals surface area (Å²) >= 11 is 0. The minimum absolute atomic E-state index is 0.0459. The number of benzene rings is 1. The van der Waals surface area contributed by atoms with Crippen LogP contribution in [0.2, 0.25) is 0 Å². The van der Waals surface area contributed by atoms with Gasteiger partial charge in [0.05, 0.1) is 0 Å². The quantitative estimate of drug-likeness (QED) is 0.804. The third kappa shape index (κ3) is 1.61. The molecule has 1 heterocycles. The zero-order valence-electron chi connectivity index (χ0n) is 9.17. The fourth-order valence-electron chi connectivity index (χ4n) is 2.67. The molecule has 16 heavy (non-hydrogen) atoms. The Hall–Kier alpha value is -1.35. The maximum atomic E-state index is 11.7. The highest BCUT2D eigenvalue weighted by atomic mass is 16.2. The van der Waals surface area contributed by atoms with Gasteiger partial charge in [-0.2, -0.15) is 0 Å². The van der Waals surface area contributed by atoms with Crippen molar-refractivity contribution >= 4 is 5.91 Å². The first-order chi connectivity index (χ1) is 7.75. The molecule has 84 valence electrons. The Balaban J connectivity index is 1.71. The standard InChI is InChI=1S/C13H16N2O/c14-10-6-13(16)15(8-10)12-7-11(12)9-4-2-1-3-5-9/h1-5,10-12H,6-8,14H2. The van der Waals surface area contributed by atoms with Crippen molar-refractivity contribution in [2.75, 3.05) is 6.54 Å². The molecular weight excluding hydrogens is 200 g/mol. The number of nitrogens with two attached hydrogens (primary N) is 1. The van der Waals surface area contributed by atoms with E-state index in [1.807, 2.05) is 11.0 Å². The molecule has 1 aliphatic heterocycles. The number of carbonyl (C=O) groups excluding carboxylic acids is 1. The van der Waals surface area contributed by atoms with E-state index < -0.39 is 0 Å². The average molecular weight is 216 g/mol. The van der Waals surface area contributed by atoms with E-state index >= 15 is 0 Å². The fraction of sp³-hybridized carbons (Fsp3) is 0.462. The van der Waals surface area contributed by atoms with Crippen LogP contribution >= 0.6 is 0 Å². The van der Waals surface area contributed by atoms with Crippen molar-refractivity contribution in [3.8, 4) is 0 Å². The number of amides is 1. The highest BCUT2D eigenvalue weighted by Gasteiger charge is 2.47. The molecule has 0 aromatic heterocycles. The molecule has 0 spiro atoms. The van der Waals surface area contributed by atoms with Crippen molar-refractivity contribution < 1.29 is 4.79 Å². The highest BCUT2D eigenvalue weighted by Crippen LogP contribution is 2.45. The zero-order valence-corrected chi connectivity index (χ0v) is 9.17. The molecule has 1 saturated heterocycles. The Morgan fingerprint density at radius 3 is 2.62 bits per heavy atom. The summed E-state index contributed by atoms with van der Waals surface area (Å²) in [5, 5.41) is 0. The Morgan fingerprint density at radius 1 is 1.25 bits per heavy atom. The summed E-state index contributed by atoms with van der Waals surface area (Å²) in [6.45, 7) is 0.743. The van der Waals surface area contributed by atoms with Crippen LogP contribution in [0.15, 0.2) is 30.3 Å². The second kappa shape index (κ2) is 3.59. The van der Waals surface area contributed by atoms with Crippen molar-refractivity contribution in [2.45, 2.75) is 30.8 Å². The van der Waals surface area contributed by atoms with Gasteiger partial charge in [0.2, 0.25) is 5.91 Å². The lowest BCUT2D eigenvalue weighted by molar-refractivity contribution is -0.128. The second-order valence-electron chi connectivity index (χ2n) is 4.83. The van der Waals surface area contributed by atoms with Crippen LogP contribution in [-0.4, -0.2) is 29.4 Å². The van der Waals surface area contributed by atoms with E-state index in [1.165, 1.54) is 5.56 Å². The third-order valence-corrected chi connectivity index (χ3v) is 3.57. The van der Waals surface area contributed by atoms with E-state index in [-0.39, 0.29) is 11.9 Å². The first kappa shape index (κ1) is 9.85. The predicted molar refractivity (Wildman–Crippen MR) is 61.9 cm³/mol. The maximum absolute atomic E-state index is 11.7. The maximum Gasteiger partial charge on any atom is 0.224 e. The van der Waals surface area contributed by atoms with Gasteiger partial charge in [-0.05, 0) is 12.0 Å². The molecule has 0 bridgehead atoms. The molecule has 1 saturated carbocycles. The Labute approximate surface area is 95.2 Å². The normalized spacial score (nSPS) is 33.2. The summed E-state index contributed by atoms with van der Waals surface area (Å²) in [7, 11) is 0. The zero-order chi connectivity index (χ0) is 11.1. The van der Waals surface area contributed by atoms with Gasteiger partial charge in [0.25, 0.3) is 0 Å². The topological polar surface area (TPSA) is 46.3 Å². The summed E-state index contributed by atoms with van der Waals surface area (Å²) in [4.78, 5) is 13.7. The van der Waals surface area contributed by atoms with E-state index in [0.29, 0.717) is 18.4 Å². The molecule has 1 aliphatic carbocycles. The molecule has 3 atom stereocenters. The molecule has 2 N–H and O–H groups in total. The minimum atomic E-state index is 0.0459. The van der Waals surface area contributed by atoms with Crippen LogP contribution in [-0.2, 0) is 4.79 Å². The Kier molecular flexibility index (Phi) is 2.21. The molecule has 3 rings (SSSR count). The fourth-order valence-corrected chi connectivity index (χ4v) is 2.67. The van der Waals surface area contributed by atoms with E-state index in [0.717, 1.165) is 13.0 Å². The molecule has 3 heteroatoms. The largest absolute Gasteiger partial charge is 0.337 e. The van der Waals surface area contributed by atoms with Crippen LogP contribution in [0.4, 0.5) is 0 Å². The van der Waals surface area contributed by atoms with Crippen molar-refractivity contribution in [1.82, 2.24) is 4.90 Å². The van der Waals surface area contributed by atoms with Gasteiger partial charge in [0.1, 0.15) is 0 Å². The smallest absolute Gasteiger partial charge is 0.224 e. The molecule has 1 aromatic rings. The number of likely N-dealkylation sites (tertiary alicyclic amines) is 1. The van der Waals surface area contributed by atoms with E-state index in [9.17, 15) is 4.79 Å². The van der Waals surface area contributed by atoms with E-state index in [2.05, 4.69) is 24.3 Å². The molecule has 2 fully saturated rings. The first-order valence-corrected chi connectivity index (χ1v) is 5.85. The number of hydrogen-bond donors (Lipinski definition) is 1. The molecule has 2 aliphatic rings. The predicted octanol–water partition coefficient (Wildman–Crippen LogP) is 1.10. The lowest BCUT2D eigenvalue weighted by Gasteiger charge is -2.15. The van der Waals surface area contributed by atoms with Crippen LogP contribution in [0.3, 0.4) is 0 Å². The summed E-state index contributed by atoms with van der Waals surface area (Å²) in [6, 6.07) is 10.9. The van der Waals surface area contributed by atoms with Crippen molar-refractivity contribution in [3.05, 3.63) is 35.9 Å². The van der Waals surface area contributed by atoms with Crippen LogP contribution in [0, 0.1) is 0 Å². The third-order valence-electron chi connectivity index (χ3n) is 3.57. The van der Waals surface area contributed by atoms with Crippen LogP contribution in [0.25, 0.3) is 0 Å². The van der Waals surface area contributed by atoms with Gasteiger partial charge in [0.15, 0.2) is 0 Å². The first-order valence-electron chi connectivity index (χ1n) is 5.85. The molecule has 0 radical (unpaired) electrons. The summed E-state index contributed by atoms with van der Waals surface area (Å²) in [6.07, 6.45) is 1.63. The molecule has 3 nitrogen and oxygen atoms in total. The average Bonchev–Trinajstić information content (AvgIpc) is 3.00. The molecule has 3 unspecified atom stereocenters. The Morgan fingerprint density at radius 2 is 2.00 bits per heavy atom. The van der Waals surface area contributed by atoms with Gasteiger partial charge in [0, 0.05) is 31.0 Å². The van der Waals surface area contributed by atoms with Gasteiger partial charge >= 0.3 is 0 Å². The van der Waals surface area contributed by atoms with Crippen molar-refractivity contribution in [1.29, 1.82) is 0 Å². The van der Waals surface area contributed by atoms with E-state index in [1.54, 1.807) is 0 Å². The summed E-state index contributed by atoms with van der Waals surface area (Å²) in [5.41, 5.74) is 7.15.